The van der Waals surface area contributed by atoms with Crippen molar-refractivity contribution in [1.82, 2.24) is 0 Å². The maximum atomic E-state index is 12.1. The van der Waals surface area contributed by atoms with Gasteiger partial charge in [0.2, 0.25) is 0 Å². The van der Waals surface area contributed by atoms with Gasteiger partial charge in [0, 0.05) is 0 Å². The van der Waals surface area contributed by atoms with Gasteiger partial charge >= 0.3 is 6.18 Å². The SMILES string of the molecule is COc1cccc([C@@H](O)C(F)(F)F)c1. The molecule has 0 aromatic heterocycles. The molecule has 78 valence electrons. The Morgan fingerprint density at radius 3 is 2.50 bits per heavy atom. The molecule has 1 aromatic carbocycles. The van der Waals surface area contributed by atoms with Crippen LogP contribution in [0.3, 0.4) is 0 Å². The second-order valence-corrected chi connectivity index (χ2v) is 2.72. The molecule has 1 aromatic rings. The molecule has 2 nitrogen and oxygen atoms in total. The Morgan fingerprint density at radius 2 is 2.00 bits per heavy atom. The third-order valence-corrected chi connectivity index (χ3v) is 1.72. The fraction of sp³-hybridized carbons (Fsp3) is 0.333. The molecule has 1 rings (SSSR count). The van der Waals surface area contributed by atoms with E-state index in [9.17, 15) is 13.2 Å². The van der Waals surface area contributed by atoms with Gasteiger partial charge in [-0.05, 0) is 17.7 Å². The highest BCUT2D eigenvalue weighted by atomic mass is 19.4. The quantitative estimate of drug-likeness (QED) is 0.804. The summed E-state index contributed by atoms with van der Waals surface area (Å²) in [6.45, 7) is 0. The molecule has 0 bridgehead atoms. The zero-order valence-electron chi connectivity index (χ0n) is 7.38. The summed E-state index contributed by atoms with van der Waals surface area (Å²) in [5.74, 6) is 0.283. The van der Waals surface area contributed by atoms with Gasteiger partial charge in [-0.15, -0.1) is 0 Å². The standard InChI is InChI=1S/C9H9F3O2/c1-14-7-4-2-3-6(5-7)8(13)9(10,11)12/h2-5,8,13H,1H3/t8-/m1/s1. The molecule has 14 heavy (non-hydrogen) atoms. The number of aliphatic hydroxyl groups excluding tert-OH is 1. The number of benzene rings is 1. The summed E-state index contributed by atoms with van der Waals surface area (Å²) in [5, 5.41) is 8.90. The van der Waals surface area contributed by atoms with Crippen LogP contribution < -0.4 is 4.74 Å². The summed E-state index contributed by atoms with van der Waals surface area (Å²) in [5.41, 5.74) is -0.225. The summed E-state index contributed by atoms with van der Waals surface area (Å²) >= 11 is 0. The van der Waals surface area contributed by atoms with E-state index >= 15 is 0 Å². The Bertz CT molecular complexity index is 309. The molecule has 0 fully saturated rings. The van der Waals surface area contributed by atoms with Crippen LogP contribution in [0.5, 0.6) is 5.75 Å². The van der Waals surface area contributed by atoms with E-state index < -0.39 is 12.3 Å². The molecular formula is C9H9F3O2. The van der Waals surface area contributed by atoms with Gasteiger partial charge in [-0.1, -0.05) is 12.1 Å². The fourth-order valence-corrected chi connectivity index (χ4v) is 1.00. The number of alkyl halides is 3. The van der Waals surface area contributed by atoms with Crippen LogP contribution >= 0.6 is 0 Å². The van der Waals surface area contributed by atoms with Crippen molar-refractivity contribution in [2.75, 3.05) is 7.11 Å². The first-order valence-corrected chi connectivity index (χ1v) is 3.84. The Kier molecular flexibility index (Phi) is 3.00. The number of methoxy groups -OCH3 is 1. The van der Waals surface area contributed by atoms with Crippen LogP contribution in [0, 0.1) is 0 Å². The van der Waals surface area contributed by atoms with Crippen LogP contribution in [0.25, 0.3) is 0 Å². The molecule has 0 heterocycles. The lowest BCUT2D eigenvalue weighted by atomic mass is 10.1. The van der Waals surface area contributed by atoms with Gasteiger partial charge in [0.25, 0.3) is 0 Å². The normalized spacial score (nSPS) is 13.8. The molecule has 0 saturated heterocycles. The van der Waals surface area contributed by atoms with Crippen LogP contribution in [0.2, 0.25) is 0 Å². The average Bonchev–Trinajstić information content (AvgIpc) is 2.15. The van der Waals surface area contributed by atoms with Crippen molar-refractivity contribution in [2.45, 2.75) is 12.3 Å². The Balaban J connectivity index is 2.95. The smallest absolute Gasteiger partial charge is 0.418 e. The molecule has 1 atom stereocenters. The number of ether oxygens (including phenoxy) is 1. The van der Waals surface area contributed by atoms with Crippen LogP contribution in [0.1, 0.15) is 11.7 Å². The van der Waals surface area contributed by atoms with Gasteiger partial charge in [0.1, 0.15) is 5.75 Å². The molecule has 5 heteroatoms. The van der Waals surface area contributed by atoms with E-state index in [1.807, 2.05) is 0 Å². The largest absolute Gasteiger partial charge is 0.497 e. The minimum absolute atomic E-state index is 0.225. The molecule has 0 radical (unpaired) electrons. The minimum atomic E-state index is -4.65. The van der Waals surface area contributed by atoms with Crippen LogP contribution in [-0.4, -0.2) is 18.4 Å². The van der Waals surface area contributed by atoms with E-state index in [1.54, 1.807) is 0 Å². The van der Waals surface area contributed by atoms with Gasteiger partial charge in [0.15, 0.2) is 6.10 Å². The molecule has 1 N–H and O–H groups in total. The lowest BCUT2D eigenvalue weighted by Gasteiger charge is -2.15. The maximum absolute atomic E-state index is 12.1. The second kappa shape index (κ2) is 3.88. The number of halogens is 3. The zero-order valence-corrected chi connectivity index (χ0v) is 7.38. The lowest BCUT2D eigenvalue weighted by Crippen LogP contribution is -2.20. The highest BCUT2D eigenvalue weighted by Gasteiger charge is 2.39. The van der Waals surface area contributed by atoms with Crippen LogP contribution in [0.15, 0.2) is 24.3 Å². The lowest BCUT2D eigenvalue weighted by molar-refractivity contribution is -0.206. The predicted molar refractivity (Wildman–Crippen MR) is 44.0 cm³/mol. The van der Waals surface area contributed by atoms with E-state index in [0.717, 1.165) is 6.07 Å². The van der Waals surface area contributed by atoms with E-state index in [4.69, 9.17) is 9.84 Å². The third kappa shape index (κ3) is 2.38. The third-order valence-electron chi connectivity index (χ3n) is 1.72. The van der Waals surface area contributed by atoms with Crippen LogP contribution in [-0.2, 0) is 0 Å². The second-order valence-electron chi connectivity index (χ2n) is 2.72. The van der Waals surface area contributed by atoms with Crippen molar-refractivity contribution in [3.05, 3.63) is 29.8 Å². The number of aliphatic hydroxyl groups is 1. The first-order chi connectivity index (χ1) is 6.45. The van der Waals surface area contributed by atoms with Crippen molar-refractivity contribution in [3.63, 3.8) is 0 Å². The van der Waals surface area contributed by atoms with Crippen molar-refractivity contribution >= 4 is 0 Å². The summed E-state index contributed by atoms with van der Waals surface area (Å²) in [7, 11) is 1.35. The van der Waals surface area contributed by atoms with E-state index in [-0.39, 0.29) is 11.3 Å². The Morgan fingerprint density at radius 1 is 1.36 bits per heavy atom. The minimum Gasteiger partial charge on any atom is -0.497 e. The molecule has 0 aliphatic carbocycles. The fourth-order valence-electron chi connectivity index (χ4n) is 1.00. The van der Waals surface area contributed by atoms with Gasteiger partial charge in [0.05, 0.1) is 7.11 Å². The molecule has 0 spiro atoms. The molecule has 0 saturated carbocycles. The number of hydrogen-bond donors (Lipinski definition) is 1. The number of rotatable bonds is 2. The monoisotopic (exact) mass is 206 g/mol. The van der Waals surface area contributed by atoms with Gasteiger partial charge in [-0.25, -0.2) is 0 Å². The first kappa shape index (κ1) is 10.8. The highest BCUT2D eigenvalue weighted by Crippen LogP contribution is 2.33. The molecular weight excluding hydrogens is 197 g/mol. The van der Waals surface area contributed by atoms with E-state index in [0.29, 0.717) is 0 Å². The summed E-state index contributed by atoms with van der Waals surface area (Å²) < 4.78 is 41.0. The predicted octanol–water partition coefficient (Wildman–Crippen LogP) is 2.29. The first-order valence-electron chi connectivity index (χ1n) is 3.84. The highest BCUT2D eigenvalue weighted by molar-refractivity contribution is 5.30. The van der Waals surface area contributed by atoms with Crippen molar-refractivity contribution in [2.24, 2.45) is 0 Å². The van der Waals surface area contributed by atoms with Gasteiger partial charge in [-0.3, -0.25) is 0 Å². The molecule has 0 unspecified atom stereocenters. The van der Waals surface area contributed by atoms with Gasteiger partial charge < -0.3 is 9.84 Å². The van der Waals surface area contributed by atoms with E-state index in [2.05, 4.69) is 0 Å². The number of hydrogen-bond acceptors (Lipinski definition) is 2. The zero-order chi connectivity index (χ0) is 10.8. The van der Waals surface area contributed by atoms with E-state index in [1.165, 1.54) is 25.3 Å². The van der Waals surface area contributed by atoms with Crippen molar-refractivity contribution < 1.29 is 23.0 Å². The van der Waals surface area contributed by atoms with Crippen molar-refractivity contribution in [1.29, 1.82) is 0 Å². The summed E-state index contributed by atoms with van der Waals surface area (Å²) in [4.78, 5) is 0. The van der Waals surface area contributed by atoms with Crippen LogP contribution in [0.4, 0.5) is 13.2 Å². The summed E-state index contributed by atoms with van der Waals surface area (Å²) in [6.07, 6.45) is -7.11. The average molecular weight is 206 g/mol. The van der Waals surface area contributed by atoms with Crippen molar-refractivity contribution in [3.8, 4) is 5.75 Å². The maximum Gasteiger partial charge on any atom is 0.418 e. The molecule has 0 amide bonds. The Hall–Kier alpha value is -1.23. The topological polar surface area (TPSA) is 29.5 Å². The summed E-state index contributed by atoms with van der Waals surface area (Å²) in [6, 6.07) is 5.24. The molecule has 0 aliphatic heterocycles. The van der Waals surface area contributed by atoms with Gasteiger partial charge in [-0.2, -0.15) is 13.2 Å². The molecule has 0 aliphatic rings. The Labute approximate surface area is 78.9 Å².